The summed E-state index contributed by atoms with van der Waals surface area (Å²) in [5.74, 6) is -0.0461. The molecule has 0 rings (SSSR count). The molecule has 2 amide bonds. The topological polar surface area (TPSA) is 70.2 Å². The van der Waals surface area contributed by atoms with Gasteiger partial charge >= 0.3 is 0 Å². The van der Waals surface area contributed by atoms with Gasteiger partial charge in [-0.2, -0.15) is 0 Å². The fourth-order valence-electron chi connectivity index (χ4n) is 0.845. The highest BCUT2D eigenvalue weighted by molar-refractivity contribution is 5.78. The second kappa shape index (κ2) is 8.50. The maximum atomic E-state index is 11.1. The van der Waals surface area contributed by atoms with E-state index in [0.717, 1.165) is 6.42 Å². The lowest BCUT2D eigenvalue weighted by Gasteiger charge is -2.04. The third-order valence-corrected chi connectivity index (χ3v) is 1.67. The number of amides is 2. The van der Waals surface area contributed by atoms with E-state index in [-0.39, 0.29) is 18.4 Å². The van der Waals surface area contributed by atoms with Crippen molar-refractivity contribution in [1.29, 1.82) is 0 Å². The Morgan fingerprint density at radius 2 is 1.86 bits per heavy atom. The second-order valence-corrected chi connectivity index (χ2v) is 2.95. The van der Waals surface area contributed by atoms with Crippen LogP contribution in [0.4, 0.5) is 0 Å². The number of hydrogen-bond donors (Lipinski definition) is 3. The van der Waals surface area contributed by atoms with Gasteiger partial charge in [-0.25, -0.2) is 0 Å². The largest absolute Gasteiger partial charge is 0.358 e. The minimum Gasteiger partial charge on any atom is -0.358 e. The van der Waals surface area contributed by atoms with Crippen LogP contribution in [0.1, 0.15) is 19.8 Å². The van der Waals surface area contributed by atoms with E-state index in [1.54, 1.807) is 7.05 Å². The van der Waals surface area contributed by atoms with Crippen molar-refractivity contribution in [2.24, 2.45) is 0 Å². The molecule has 0 aliphatic rings. The summed E-state index contributed by atoms with van der Waals surface area (Å²) in [4.78, 5) is 21.8. The molecule has 0 aromatic carbocycles. The molecule has 14 heavy (non-hydrogen) atoms. The smallest absolute Gasteiger partial charge is 0.233 e. The van der Waals surface area contributed by atoms with Gasteiger partial charge in [-0.3, -0.25) is 9.59 Å². The van der Waals surface area contributed by atoms with Gasteiger partial charge in [0.05, 0.1) is 6.54 Å². The van der Waals surface area contributed by atoms with E-state index in [9.17, 15) is 9.59 Å². The van der Waals surface area contributed by atoms with Crippen molar-refractivity contribution in [2.45, 2.75) is 19.8 Å². The highest BCUT2D eigenvalue weighted by atomic mass is 16.2. The molecule has 3 N–H and O–H groups in total. The SMILES string of the molecule is CCCNC(=O)CCNCC(=O)NC. The second-order valence-electron chi connectivity index (χ2n) is 2.95. The molecule has 5 nitrogen and oxygen atoms in total. The van der Waals surface area contributed by atoms with Crippen LogP contribution in [0.5, 0.6) is 0 Å². The lowest BCUT2D eigenvalue weighted by atomic mass is 10.3. The van der Waals surface area contributed by atoms with Crippen molar-refractivity contribution >= 4 is 11.8 Å². The van der Waals surface area contributed by atoms with Gasteiger partial charge in [0.2, 0.25) is 11.8 Å². The van der Waals surface area contributed by atoms with Crippen LogP contribution in [0.25, 0.3) is 0 Å². The van der Waals surface area contributed by atoms with Crippen LogP contribution in [0.15, 0.2) is 0 Å². The molecule has 0 saturated carbocycles. The highest BCUT2D eigenvalue weighted by Crippen LogP contribution is 1.78. The average Bonchev–Trinajstić information content (AvgIpc) is 2.21. The van der Waals surface area contributed by atoms with Crippen LogP contribution < -0.4 is 16.0 Å². The Morgan fingerprint density at radius 1 is 1.14 bits per heavy atom. The molecule has 0 radical (unpaired) electrons. The fraction of sp³-hybridized carbons (Fsp3) is 0.778. The van der Waals surface area contributed by atoms with Gasteiger partial charge in [-0.1, -0.05) is 6.92 Å². The third kappa shape index (κ3) is 7.54. The maximum Gasteiger partial charge on any atom is 0.233 e. The van der Waals surface area contributed by atoms with Gasteiger partial charge in [0.15, 0.2) is 0 Å². The molecule has 0 unspecified atom stereocenters. The molecule has 0 heterocycles. The first-order valence-corrected chi connectivity index (χ1v) is 4.88. The summed E-state index contributed by atoms with van der Waals surface area (Å²) in [6.07, 6.45) is 1.36. The van der Waals surface area contributed by atoms with Gasteiger partial charge in [0.25, 0.3) is 0 Å². The Hall–Kier alpha value is -1.10. The molecule has 0 bridgehead atoms. The van der Waals surface area contributed by atoms with Crippen LogP contribution in [0.2, 0.25) is 0 Å². The lowest BCUT2D eigenvalue weighted by molar-refractivity contribution is -0.122. The van der Waals surface area contributed by atoms with E-state index < -0.39 is 0 Å². The summed E-state index contributed by atoms with van der Waals surface area (Å²) in [6.45, 7) is 3.51. The van der Waals surface area contributed by atoms with Crippen LogP contribution in [-0.4, -0.2) is 38.5 Å². The quantitative estimate of drug-likeness (QED) is 0.474. The Balaban J connectivity index is 3.27. The number of likely N-dealkylation sites (N-methyl/N-ethyl adjacent to an activating group) is 1. The molecular formula is C9H19N3O2. The Kier molecular flexibility index (Phi) is 7.83. The minimum absolute atomic E-state index is 0.0243. The summed E-state index contributed by atoms with van der Waals surface area (Å²) >= 11 is 0. The van der Waals surface area contributed by atoms with Gasteiger partial charge in [-0.15, -0.1) is 0 Å². The summed E-state index contributed by atoms with van der Waals surface area (Å²) in [5.41, 5.74) is 0. The van der Waals surface area contributed by atoms with E-state index in [4.69, 9.17) is 0 Å². The van der Waals surface area contributed by atoms with Crippen LogP contribution in [0.3, 0.4) is 0 Å². The molecule has 0 aliphatic carbocycles. The number of hydrogen-bond acceptors (Lipinski definition) is 3. The summed E-state index contributed by atoms with van der Waals surface area (Å²) in [7, 11) is 1.58. The van der Waals surface area contributed by atoms with Gasteiger partial charge in [0.1, 0.15) is 0 Å². The molecule has 0 aromatic rings. The van der Waals surface area contributed by atoms with Crippen LogP contribution in [-0.2, 0) is 9.59 Å². The zero-order valence-corrected chi connectivity index (χ0v) is 8.85. The molecule has 0 aromatic heterocycles. The number of carbonyl (C=O) groups is 2. The molecule has 0 fully saturated rings. The normalized spacial score (nSPS) is 9.57. The van der Waals surface area contributed by atoms with Crippen LogP contribution in [0, 0.1) is 0 Å². The first kappa shape index (κ1) is 12.9. The monoisotopic (exact) mass is 201 g/mol. The maximum absolute atomic E-state index is 11.1. The van der Waals surface area contributed by atoms with Crippen molar-refractivity contribution in [1.82, 2.24) is 16.0 Å². The number of nitrogens with one attached hydrogen (secondary N) is 3. The lowest BCUT2D eigenvalue weighted by Crippen LogP contribution is -2.34. The average molecular weight is 201 g/mol. The van der Waals surface area contributed by atoms with E-state index >= 15 is 0 Å². The predicted molar refractivity (Wildman–Crippen MR) is 54.9 cm³/mol. The van der Waals surface area contributed by atoms with Gasteiger partial charge in [0, 0.05) is 26.6 Å². The molecule has 5 heteroatoms. The molecule has 0 atom stereocenters. The Morgan fingerprint density at radius 3 is 2.43 bits per heavy atom. The minimum atomic E-state index is -0.0704. The molecule has 0 saturated heterocycles. The van der Waals surface area contributed by atoms with Crippen molar-refractivity contribution in [2.75, 3.05) is 26.7 Å². The van der Waals surface area contributed by atoms with E-state index in [1.807, 2.05) is 6.92 Å². The number of carbonyl (C=O) groups excluding carboxylic acids is 2. The highest BCUT2D eigenvalue weighted by Gasteiger charge is 2.00. The van der Waals surface area contributed by atoms with Gasteiger partial charge in [-0.05, 0) is 6.42 Å². The molecule has 82 valence electrons. The Labute approximate surface area is 84.6 Å². The standard InChI is InChI=1S/C9H19N3O2/c1-3-5-12-8(13)4-6-11-7-9(14)10-2/h11H,3-7H2,1-2H3,(H,10,14)(H,12,13). The Bertz CT molecular complexity index is 183. The summed E-state index contributed by atoms with van der Waals surface area (Å²) in [6, 6.07) is 0. The van der Waals surface area contributed by atoms with Gasteiger partial charge < -0.3 is 16.0 Å². The van der Waals surface area contributed by atoms with Crippen molar-refractivity contribution in [3.05, 3.63) is 0 Å². The summed E-state index contributed by atoms with van der Waals surface area (Å²) < 4.78 is 0. The first-order chi connectivity index (χ1) is 6.70. The van der Waals surface area contributed by atoms with Crippen molar-refractivity contribution in [3.63, 3.8) is 0 Å². The van der Waals surface area contributed by atoms with Crippen molar-refractivity contribution < 1.29 is 9.59 Å². The molecule has 0 spiro atoms. The molecular weight excluding hydrogens is 182 g/mol. The van der Waals surface area contributed by atoms with E-state index in [0.29, 0.717) is 19.5 Å². The zero-order valence-electron chi connectivity index (χ0n) is 8.85. The zero-order chi connectivity index (χ0) is 10.8. The molecule has 0 aliphatic heterocycles. The van der Waals surface area contributed by atoms with Crippen LogP contribution >= 0.6 is 0 Å². The van der Waals surface area contributed by atoms with E-state index in [1.165, 1.54) is 0 Å². The number of rotatable bonds is 7. The fourth-order valence-corrected chi connectivity index (χ4v) is 0.845. The predicted octanol–water partition coefficient (Wildman–Crippen LogP) is -0.762. The summed E-state index contributed by atoms with van der Waals surface area (Å²) in [5, 5.41) is 8.11. The van der Waals surface area contributed by atoms with E-state index in [2.05, 4.69) is 16.0 Å². The third-order valence-electron chi connectivity index (χ3n) is 1.67. The first-order valence-electron chi connectivity index (χ1n) is 4.88. The van der Waals surface area contributed by atoms with Crippen molar-refractivity contribution in [3.8, 4) is 0 Å².